The van der Waals surface area contributed by atoms with Crippen LogP contribution >= 0.6 is 0 Å². The Hall–Kier alpha value is -2.14. The molecule has 102 valence electrons. The predicted octanol–water partition coefficient (Wildman–Crippen LogP) is 2.10. The van der Waals surface area contributed by atoms with Crippen molar-refractivity contribution in [1.82, 2.24) is 25.3 Å². The summed E-state index contributed by atoms with van der Waals surface area (Å²) in [5.74, 6) is 1.79. The van der Waals surface area contributed by atoms with E-state index < -0.39 is 0 Å². The topological polar surface area (TPSA) is 69.4 Å². The van der Waals surface area contributed by atoms with Crippen LogP contribution in [0.2, 0.25) is 0 Å². The van der Waals surface area contributed by atoms with Crippen molar-refractivity contribution < 1.29 is 0 Å². The normalized spacial score (nSPS) is 18.9. The molecular weight excluding hydrogens is 250 g/mol. The van der Waals surface area contributed by atoms with Crippen LogP contribution < -0.4 is 5.32 Å². The minimum Gasteiger partial charge on any atom is -0.345 e. The molecule has 0 radical (unpaired) electrons. The molecule has 1 aliphatic heterocycles. The first-order valence-electron chi connectivity index (χ1n) is 7.06. The van der Waals surface area contributed by atoms with Gasteiger partial charge in [0, 0.05) is 12.0 Å². The molecule has 0 spiro atoms. The number of nitrogens with zero attached hydrogens (tertiary/aromatic N) is 2. The molecule has 0 aliphatic carbocycles. The highest BCUT2D eigenvalue weighted by molar-refractivity contribution is 5.80. The third-order valence-electron chi connectivity index (χ3n) is 4.00. The van der Waals surface area contributed by atoms with Gasteiger partial charge in [0.05, 0.1) is 29.3 Å². The Kier molecular flexibility index (Phi) is 2.77. The highest BCUT2D eigenvalue weighted by Crippen LogP contribution is 2.22. The summed E-state index contributed by atoms with van der Waals surface area (Å²) in [5, 5.41) is 3.40. The predicted molar refractivity (Wildman–Crippen MR) is 78.4 cm³/mol. The van der Waals surface area contributed by atoms with E-state index in [2.05, 4.69) is 37.4 Å². The number of aromatic nitrogens is 4. The van der Waals surface area contributed by atoms with Crippen LogP contribution in [0, 0.1) is 5.92 Å². The summed E-state index contributed by atoms with van der Waals surface area (Å²) in [6.45, 7) is 2.24. The Morgan fingerprint density at radius 1 is 1.25 bits per heavy atom. The molecule has 3 aromatic rings. The molecule has 1 aliphatic rings. The van der Waals surface area contributed by atoms with Crippen molar-refractivity contribution in [3.05, 3.63) is 36.5 Å². The minimum atomic E-state index is 0.712. The molecule has 1 atom stereocenters. The zero-order valence-electron chi connectivity index (χ0n) is 11.2. The van der Waals surface area contributed by atoms with Crippen LogP contribution in [0.15, 0.2) is 30.7 Å². The molecule has 1 aromatic carbocycles. The van der Waals surface area contributed by atoms with E-state index in [1.54, 1.807) is 6.33 Å². The fourth-order valence-electron chi connectivity index (χ4n) is 2.88. The van der Waals surface area contributed by atoms with Crippen molar-refractivity contribution >= 4 is 11.0 Å². The molecule has 1 fully saturated rings. The Balaban J connectivity index is 1.59. The van der Waals surface area contributed by atoms with E-state index in [1.165, 1.54) is 6.42 Å². The maximum Gasteiger partial charge on any atom is 0.106 e. The van der Waals surface area contributed by atoms with E-state index in [0.29, 0.717) is 5.92 Å². The monoisotopic (exact) mass is 267 g/mol. The molecule has 3 heterocycles. The first-order valence-corrected chi connectivity index (χ1v) is 7.06. The summed E-state index contributed by atoms with van der Waals surface area (Å²) in [7, 11) is 0. The highest BCUT2D eigenvalue weighted by Gasteiger charge is 2.16. The molecular formula is C15H17N5. The molecule has 5 nitrogen and oxygen atoms in total. The van der Waals surface area contributed by atoms with E-state index in [-0.39, 0.29) is 0 Å². The number of benzene rings is 1. The van der Waals surface area contributed by atoms with Gasteiger partial charge < -0.3 is 15.3 Å². The van der Waals surface area contributed by atoms with Crippen LogP contribution in [0.5, 0.6) is 0 Å². The van der Waals surface area contributed by atoms with E-state index in [0.717, 1.165) is 47.6 Å². The standard InChI is InChI=1S/C15H17N5/c1-2-12-13(19-9-18-12)6-11(1)14-8-17-15(20-14)5-10-3-4-16-7-10/h1-2,6,8-10,16H,3-5,7H2,(H,17,20)(H,18,19). The number of aromatic amines is 2. The van der Waals surface area contributed by atoms with Crippen molar-refractivity contribution in [2.24, 2.45) is 5.92 Å². The summed E-state index contributed by atoms with van der Waals surface area (Å²) in [6, 6.07) is 6.22. The lowest BCUT2D eigenvalue weighted by Gasteiger charge is -2.04. The number of imidazole rings is 2. The quantitative estimate of drug-likeness (QED) is 0.680. The number of rotatable bonds is 3. The van der Waals surface area contributed by atoms with Crippen LogP contribution in [0.3, 0.4) is 0 Å². The van der Waals surface area contributed by atoms with E-state index >= 15 is 0 Å². The van der Waals surface area contributed by atoms with E-state index in [4.69, 9.17) is 0 Å². The van der Waals surface area contributed by atoms with E-state index in [9.17, 15) is 0 Å². The smallest absolute Gasteiger partial charge is 0.106 e. The van der Waals surface area contributed by atoms with Crippen LogP contribution in [-0.4, -0.2) is 33.0 Å². The van der Waals surface area contributed by atoms with Crippen molar-refractivity contribution in [1.29, 1.82) is 0 Å². The Morgan fingerprint density at radius 3 is 3.15 bits per heavy atom. The Labute approximate surface area is 116 Å². The second-order valence-corrected chi connectivity index (χ2v) is 5.44. The van der Waals surface area contributed by atoms with Crippen LogP contribution in [0.1, 0.15) is 12.2 Å². The SMILES string of the molecule is c1nc2ccc(-c3cnc(CC4CCNC4)[nH]3)cc2[nH]1. The lowest BCUT2D eigenvalue weighted by molar-refractivity contribution is 0.565. The minimum absolute atomic E-state index is 0.712. The fraction of sp³-hybridized carbons (Fsp3) is 0.333. The van der Waals surface area contributed by atoms with Gasteiger partial charge in [0.15, 0.2) is 0 Å². The second kappa shape index (κ2) is 4.76. The van der Waals surface area contributed by atoms with Gasteiger partial charge in [0.1, 0.15) is 5.82 Å². The number of hydrogen-bond acceptors (Lipinski definition) is 3. The molecule has 2 aromatic heterocycles. The molecule has 3 N–H and O–H groups in total. The summed E-state index contributed by atoms with van der Waals surface area (Å²) in [6.07, 6.45) is 5.92. The van der Waals surface area contributed by atoms with Crippen molar-refractivity contribution in [3.8, 4) is 11.3 Å². The van der Waals surface area contributed by atoms with Gasteiger partial charge in [-0.2, -0.15) is 0 Å². The van der Waals surface area contributed by atoms with Crippen LogP contribution in [0.4, 0.5) is 0 Å². The van der Waals surface area contributed by atoms with Gasteiger partial charge in [-0.25, -0.2) is 9.97 Å². The maximum atomic E-state index is 4.51. The van der Waals surface area contributed by atoms with Crippen molar-refractivity contribution in [2.75, 3.05) is 13.1 Å². The first-order chi connectivity index (χ1) is 9.88. The lowest BCUT2D eigenvalue weighted by Crippen LogP contribution is -2.11. The van der Waals surface area contributed by atoms with Gasteiger partial charge in [0.25, 0.3) is 0 Å². The van der Waals surface area contributed by atoms with Crippen molar-refractivity contribution in [2.45, 2.75) is 12.8 Å². The average Bonchev–Trinajstić information content (AvgIpc) is 3.19. The summed E-state index contributed by atoms with van der Waals surface area (Å²) >= 11 is 0. The van der Waals surface area contributed by atoms with Gasteiger partial charge in [0.2, 0.25) is 0 Å². The van der Waals surface area contributed by atoms with Crippen LogP contribution in [0.25, 0.3) is 22.3 Å². The molecule has 0 amide bonds. The van der Waals surface area contributed by atoms with Gasteiger partial charge in [-0.15, -0.1) is 0 Å². The third-order valence-corrected chi connectivity index (χ3v) is 4.00. The molecule has 1 unspecified atom stereocenters. The molecule has 4 rings (SSSR count). The Morgan fingerprint density at radius 2 is 2.25 bits per heavy atom. The first kappa shape index (κ1) is 11.7. The largest absolute Gasteiger partial charge is 0.345 e. The number of hydrogen-bond donors (Lipinski definition) is 3. The summed E-state index contributed by atoms with van der Waals surface area (Å²) in [4.78, 5) is 15.3. The lowest BCUT2D eigenvalue weighted by atomic mass is 10.1. The van der Waals surface area contributed by atoms with E-state index in [1.807, 2.05) is 12.3 Å². The molecule has 0 bridgehead atoms. The van der Waals surface area contributed by atoms with Crippen molar-refractivity contribution in [3.63, 3.8) is 0 Å². The number of H-pyrrole nitrogens is 2. The molecule has 20 heavy (non-hydrogen) atoms. The average molecular weight is 267 g/mol. The second-order valence-electron chi connectivity index (χ2n) is 5.44. The van der Waals surface area contributed by atoms with Crippen LogP contribution in [-0.2, 0) is 6.42 Å². The van der Waals surface area contributed by atoms with Gasteiger partial charge >= 0.3 is 0 Å². The zero-order valence-corrected chi connectivity index (χ0v) is 11.2. The van der Waals surface area contributed by atoms with Gasteiger partial charge in [-0.3, -0.25) is 0 Å². The highest BCUT2D eigenvalue weighted by atomic mass is 14.9. The maximum absolute atomic E-state index is 4.51. The Bertz CT molecular complexity index is 721. The summed E-state index contributed by atoms with van der Waals surface area (Å²) < 4.78 is 0. The summed E-state index contributed by atoms with van der Waals surface area (Å²) in [5.41, 5.74) is 4.26. The molecule has 1 saturated heterocycles. The third kappa shape index (κ3) is 2.10. The molecule has 5 heteroatoms. The number of fused-ring (bicyclic) bond motifs is 1. The fourth-order valence-corrected chi connectivity index (χ4v) is 2.88. The molecule has 0 saturated carbocycles. The zero-order chi connectivity index (χ0) is 13.4. The van der Waals surface area contributed by atoms with Gasteiger partial charge in [-0.1, -0.05) is 6.07 Å². The van der Waals surface area contributed by atoms with Gasteiger partial charge in [-0.05, 0) is 37.6 Å². The number of nitrogens with one attached hydrogen (secondary N) is 3.